The summed E-state index contributed by atoms with van der Waals surface area (Å²) < 4.78 is 5.54. The van der Waals surface area contributed by atoms with Crippen molar-refractivity contribution < 1.29 is 9.53 Å². The van der Waals surface area contributed by atoms with Crippen LogP contribution < -0.4 is 0 Å². The molecule has 0 N–H and O–H groups in total. The number of esters is 1. The zero-order valence-electron chi connectivity index (χ0n) is 18.0. The number of benzene rings is 4. The molecule has 3 nitrogen and oxygen atoms in total. The molecule has 0 saturated heterocycles. The highest BCUT2D eigenvalue weighted by atomic mass is 35.5. The van der Waals surface area contributed by atoms with Crippen molar-refractivity contribution in [3.05, 3.63) is 120 Å². The molecule has 0 unspecified atom stereocenters. The van der Waals surface area contributed by atoms with Gasteiger partial charge in [0.15, 0.2) is 0 Å². The summed E-state index contributed by atoms with van der Waals surface area (Å²) in [6.07, 6.45) is 0.732. The van der Waals surface area contributed by atoms with Gasteiger partial charge in [0.25, 0.3) is 0 Å². The van der Waals surface area contributed by atoms with E-state index in [9.17, 15) is 4.79 Å². The van der Waals surface area contributed by atoms with Gasteiger partial charge in [0.05, 0.1) is 13.2 Å². The SMILES string of the molecule is Cl.O=C(CN(Cc1ccccc1)Cc1ccc2ccccc2c1)OCCc1ccccc1. The maximum atomic E-state index is 12.6. The first kappa shape index (κ1) is 23.5. The molecule has 0 aliphatic heterocycles. The Morgan fingerprint density at radius 1 is 0.656 bits per heavy atom. The number of nitrogens with zero attached hydrogens (tertiary/aromatic N) is 1. The van der Waals surface area contributed by atoms with Crippen LogP contribution in [-0.4, -0.2) is 24.0 Å². The van der Waals surface area contributed by atoms with Crippen LogP contribution in [0.4, 0.5) is 0 Å². The first-order valence-electron chi connectivity index (χ1n) is 10.7. The van der Waals surface area contributed by atoms with Gasteiger partial charge in [-0.15, -0.1) is 12.4 Å². The molecule has 0 spiro atoms. The lowest BCUT2D eigenvalue weighted by molar-refractivity contribution is -0.145. The minimum Gasteiger partial charge on any atom is -0.464 e. The number of halogens is 1. The van der Waals surface area contributed by atoms with Crippen molar-refractivity contribution in [3.8, 4) is 0 Å². The molecule has 4 heteroatoms. The Morgan fingerprint density at radius 2 is 1.25 bits per heavy atom. The van der Waals surface area contributed by atoms with Gasteiger partial charge in [0.1, 0.15) is 0 Å². The van der Waals surface area contributed by atoms with E-state index in [1.165, 1.54) is 27.5 Å². The van der Waals surface area contributed by atoms with E-state index in [0.29, 0.717) is 19.7 Å². The van der Waals surface area contributed by atoms with E-state index < -0.39 is 0 Å². The molecule has 0 heterocycles. The Morgan fingerprint density at radius 3 is 1.97 bits per heavy atom. The minimum atomic E-state index is -0.187. The zero-order valence-corrected chi connectivity index (χ0v) is 18.8. The Hall–Kier alpha value is -3.14. The number of hydrogen-bond acceptors (Lipinski definition) is 3. The van der Waals surface area contributed by atoms with E-state index in [2.05, 4.69) is 71.6 Å². The molecule has 0 amide bonds. The van der Waals surface area contributed by atoms with Crippen molar-refractivity contribution in [3.63, 3.8) is 0 Å². The molecule has 0 aromatic heterocycles. The predicted octanol–water partition coefficient (Wildman–Crippen LogP) is 6.05. The molecule has 4 aromatic rings. The summed E-state index contributed by atoms with van der Waals surface area (Å²) in [7, 11) is 0. The fraction of sp³-hybridized carbons (Fsp3) is 0.179. The van der Waals surface area contributed by atoms with Gasteiger partial charge in [-0.2, -0.15) is 0 Å². The van der Waals surface area contributed by atoms with Crippen molar-refractivity contribution in [1.29, 1.82) is 0 Å². The van der Waals surface area contributed by atoms with Crippen molar-refractivity contribution in [2.45, 2.75) is 19.5 Å². The van der Waals surface area contributed by atoms with Crippen LogP contribution >= 0.6 is 12.4 Å². The predicted molar refractivity (Wildman–Crippen MR) is 133 cm³/mol. The third kappa shape index (κ3) is 6.94. The summed E-state index contributed by atoms with van der Waals surface area (Å²) in [5.41, 5.74) is 3.54. The topological polar surface area (TPSA) is 29.5 Å². The standard InChI is InChI=1S/C28H27NO2.ClH/c30-28(31-18-17-23-9-3-1-4-10-23)22-29(20-24-11-5-2-6-12-24)21-25-15-16-26-13-7-8-14-27(26)19-25;/h1-16,19H,17-18,20-22H2;1H. The lowest BCUT2D eigenvalue weighted by atomic mass is 10.1. The molecule has 0 fully saturated rings. The summed E-state index contributed by atoms with van der Waals surface area (Å²) in [4.78, 5) is 14.7. The third-order valence-electron chi connectivity index (χ3n) is 5.32. The Kier molecular flexibility index (Phi) is 8.85. The highest BCUT2D eigenvalue weighted by molar-refractivity contribution is 5.85. The molecule has 0 atom stereocenters. The number of rotatable bonds is 9. The minimum absolute atomic E-state index is 0. The van der Waals surface area contributed by atoms with Gasteiger partial charge in [-0.1, -0.05) is 97.1 Å². The van der Waals surface area contributed by atoms with E-state index in [-0.39, 0.29) is 24.9 Å². The first-order valence-corrected chi connectivity index (χ1v) is 10.7. The average molecular weight is 446 g/mol. The van der Waals surface area contributed by atoms with Crippen LogP contribution in [0.15, 0.2) is 103 Å². The van der Waals surface area contributed by atoms with Crippen LogP contribution in [0.25, 0.3) is 10.8 Å². The van der Waals surface area contributed by atoms with Crippen molar-refractivity contribution in [2.24, 2.45) is 0 Å². The monoisotopic (exact) mass is 445 g/mol. The molecule has 4 rings (SSSR count). The Labute approximate surface area is 196 Å². The molecular weight excluding hydrogens is 418 g/mol. The molecule has 0 aliphatic carbocycles. The van der Waals surface area contributed by atoms with E-state index in [1.54, 1.807) is 0 Å². The van der Waals surface area contributed by atoms with Gasteiger partial charge >= 0.3 is 5.97 Å². The van der Waals surface area contributed by atoms with Crippen LogP contribution in [0.1, 0.15) is 16.7 Å². The molecule has 0 bridgehead atoms. The molecule has 0 radical (unpaired) electrons. The summed E-state index contributed by atoms with van der Waals surface area (Å²) >= 11 is 0. The fourth-order valence-corrected chi connectivity index (χ4v) is 3.76. The molecule has 0 aliphatic rings. The third-order valence-corrected chi connectivity index (χ3v) is 5.32. The average Bonchev–Trinajstić information content (AvgIpc) is 2.80. The van der Waals surface area contributed by atoms with E-state index in [4.69, 9.17) is 4.74 Å². The van der Waals surface area contributed by atoms with Crippen LogP contribution in [0.5, 0.6) is 0 Å². The fourth-order valence-electron chi connectivity index (χ4n) is 3.76. The van der Waals surface area contributed by atoms with Gasteiger partial charge in [-0.05, 0) is 33.5 Å². The molecule has 32 heavy (non-hydrogen) atoms. The maximum absolute atomic E-state index is 12.6. The Balaban J connectivity index is 0.00000289. The van der Waals surface area contributed by atoms with Crippen LogP contribution in [0, 0.1) is 0 Å². The summed E-state index contributed by atoms with van der Waals surface area (Å²) in [6.45, 7) is 2.05. The number of carbonyl (C=O) groups excluding carboxylic acids is 1. The smallest absolute Gasteiger partial charge is 0.320 e. The van der Waals surface area contributed by atoms with Gasteiger partial charge < -0.3 is 4.74 Å². The normalized spacial score (nSPS) is 10.7. The summed E-state index contributed by atoms with van der Waals surface area (Å²) in [5.74, 6) is -0.187. The van der Waals surface area contributed by atoms with Gasteiger partial charge in [-0.25, -0.2) is 0 Å². The van der Waals surface area contributed by atoms with Crippen molar-refractivity contribution in [1.82, 2.24) is 4.90 Å². The first-order chi connectivity index (χ1) is 15.3. The quantitative estimate of drug-likeness (QED) is 0.294. The van der Waals surface area contributed by atoms with Crippen LogP contribution in [0.2, 0.25) is 0 Å². The van der Waals surface area contributed by atoms with E-state index in [0.717, 1.165) is 6.42 Å². The van der Waals surface area contributed by atoms with Crippen LogP contribution in [-0.2, 0) is 29.0 Å². The second kappa shape index (κ2) is 12.0. The number of carbonyl (C=O) groups is 1. The number of fused-ring (bicyclic) bond motifs is 1. The highest BCUT2D eigenvalue weighted by Gasteiger charge is 2.14. The van der Waals surface area contributed by atoms with Gasteiger partial charge in [0.2, 0.25) is 0 Å². The lowest BCUT2D eigenvalue weighted by Crippen LogP contribution is -2.30. The van der Waals surface area contributed by atoms with E-state index >= 15 is 0 Å². The van der Waals surface area contributed by atoms with Crippen LogP contribution in [0.3, 0.4) is 0 Å². The number of hydrogen-bond donors (Lipinski definition) is 0. The van der Waals surface area contributed by atoms with Crippen molar-refractivity contribution >= 4 is 29.1 Å². The van der Waals surface area contributed by atoms with E-state index in [1.807, 2.05) is 36.4 Å². The second-order valence-corrected chi connectivity index (χ2v) is 7.77. The van der Waals surface area contributed by atoms with Gasteiger partial charge in [-0.3, -0.25) is 9.69 Å². The molecule has 4 aromatic carbocycles. The largest absolute Gasteiger partial charge is 0.464 e. The maximum Gasteiger partial charge on any atom is 0.320 e. The molecule has 0 saturated carbocycles. The second-order valence-electron chi connectivity index (χ2n) is 7.77. The molecule has 164 valence electrons. The Bertz CT molecular complexity index is 1120. The zero-order chi connectivity index (χ0) is 21.3. The highest BCUT2D eigenvalue weighted by Crippen LogP contribution is 2.18. The van der Waals surface area contributed by atoms with Gasteiger partial charge in [0, 0.05) is 19.5 Å². The lowest BCUT2D eigenvalue weighted by Gasteiger charge is -2.22. The summed E-state index contributed by atoms with van der Waals surface area (Å²) in [6, 6.07) is 35.2. The number of ether oxygens (including phenoxy) is 1. The van der Waals surface area contributed by atoms with Crippen molar-refractivity contribution in [2.75, 3.05) is 13.2 Å². The molecular formula is C28H28ClNO2. The summed E-state index contributed by atoms with van der Waals surface area (Å²) in [5, 5.41) is 2.44.